The van der Waals surface area contributed by atoms with Gasteiger partial charge in [-0.1, -0.05) is 35.3 Å². The molecule has 0 bridgehead atoms. The van der Waals surface area contributed by atoms with Crippen molar-refractivity contribution in [1.29, 1.82) is 0 Å². The monoisotopic (exact) mass is 491 g/mol. The molecule has 1 aromatic heterocycles. The van der Waals surface area contributed by atoms with Crippen LogP contribution in [0.15, 0.2) is 58.1 Å². The van der Waals surface area contributed by atoms with Crippen LogP contribution in [0, 0.1) is 0 Å². The van der Waals surface area contributed by atoms with Gasteiger partial charge in [-0.3, -0.25) is 18.7 Å². The molecule has 2 aromatic carbocycles. The van der Waals surface area contributed by atoms with Crippen molar-refractivity contribution < 1.29 is 14.6 Å². The van der Waals surface area contributed by atoms with E-state index >= 15 is 0 Å². The summed E-state index contributed by atoms with van der Waals surface area (Å²) in [6.07, 6.45) is -0.403. The molecule has 0 aliphatic heterocycles. The molecule has 0 amide bonds. The standard InChI is InChI=1S/C23H23Cl2N3O5/c1-14(2)33-19-8-7-17(11-18(19)25)26-20-12-21(29)27(10-9-22(30)31)23(32)28(20)13-15-3-5-16(24)6-4-15/h3-8,11-12,14,26H,9-10,13H2,1-2H3,(H,30,31). The first-order chi connectivity index (χ1) is 15.6. The third-order valence-corrected chi connectivity index (χ3v) is 5.20. The van der Waals surface area contributed by atoms with Gasteiger partial charge in [0.15, 0.2) is 0 Å². The van der Waals surface area contributed by atoms with Crippen molar-refractivity contribution in [2.45, 2.75) is 39.5 Å². The van der Waals surface area contributed by atoms with Crippen LogP contribution in [0.25, 0.3) is 0 Å². The molecule has 0 saturated heterocycles. The molecule has 0 spiro atoms. The summed E-state index contributed by atoms with van der Waals surface area (Å²) in [5, 5.41) is 13.0. The summed E-state index contributed by atoms with van der Waals surface area (Å²) >= 11 is 12.3. The number of carboxylic acid groups (broad SMARTS) is 1. The van der Waals surface area contributed by atoms with E-state index in [4.69, 9.17) is 33.0 Å². The smallest absolute Gasteiger partial charge is 0.332 e. The van der Waals surface area contributed by atoms with Gasteiger partial charge in [0, 0.05) is 23.3 Å². The van der Waals surface area contributed by atoms with Crippen molar-refractivity contribution in [3.05, 3.63) is 85.0 Å². The molecule has 1 heterocycles. The first-order valence-electron chi connectivity index (χ1n) is 10.2. The van der Waals surface area contributed by atoms with E-state index in [9.17, 15) is 14.4 Å². The molecule has 0 unspecified atom stereocenters. The molecule has 0 aliphatic carbocycles. The van der Waals surface area contributed by atoms with E-state index in [2.05, 4.69) is 5.32 Å². The maximum Gasteiger partial charge on any atom is 0.332 e. The molecule has 10 heteroatoms. The highest BCUT2D eigenvalue weighted by atomic mass is 35.5. The van der Waals surface area contributed by atoms with Crippen LogP contribution in [0.5, 0.6) is 5.75 Å². The summed E-state index contributed by atoms with van der Waals surface area (Å²) in [5.41, 5.74) is 0.0729. The summed E-state index contributed by atoms with van der Waals surface area (Å²) in [6.45, 7) is 3.67. The van der Waals surface area contributed by atoms with E-state index in [-0.39, 0.29) is 31.4 Å². The van der Waals surface area contributed by atoms with Crippen LogP contribution >= 0.6 is 23.2 Å². The number of aromatic nitrogens is 2. The molecule has 2 N–H and O–H groups in total. The minimum atomic E-state index is -1.11. The van der Waals surface area contributed by atoms with Crippen LogP contribution in [0.3, 0.4) is 0 Å². The summed E-state index contributed by atoms with van der Waals surface area (Å²) in [6, 6.07) is 13.2. The molecular formula is C23H23Cl2N3O5. The van der Waals surface area contributed by atoms with Crippen molar-refractivity contribution in [3.63, 3.8) is 0 Å². The number of rotatable bonds is 9. The van der Waals surface area contributed by atoms with Gasteiger partial charge in [0.1, 0.15) is 11.6 Å². The number of halogens is 2. The minimum Gasteiger partial charge on any atom is -0.489 e. The third-order valence-electron chi connectivity index (χ3n) is 4.65. The summed E-state index contributed by atoms with van der Waals surface area (Å²) in [4.78, 5) is 36.7. The number of nitrogens with one attached hydrogen (secondary N) is 1. The van der Waals surface area contributed by atoms with Crippen LogP contribution in [-0.2, 0) is 17.9 Å². The Morgan fingerprint density at radius 1 is 1.06 bits per heavy atom. The van der Waals surface area contributed by atoms with E-state index in [0.717, 1.165) is 10.1 Å². The molecular weight excluding hydrogens is 469 g/mol. The summed E-state index contributed by atoms with van der Waals surface area (Å²) < 4.78 is 7.90. The van der Waals surface area contributed by atoms with E-state index in [1.165, 1.54) is 10.6 Å². The summed E-state index contributed by atoms with van der Waals surface area (Å²) in [5.74, 6) is -0.355. The maximum absolute atomic E-state index is 13.1. The maximum atomic E-state index is 13.1. The molecule has 3 aromatic rings. The SMILES string of the molecule is CC(C)Oc1ccc(Nc2cc(=O)n(CCC(=O)O)c(=O)n2Cc2ccc(Cl)cc2)cc1Cl. The van der Waals surface area contributed by atoms with Gasteiger partial charge in [0.25, 0.3) is 5.56 Å². The van der Waals surface area contributed by atoms with Crippen LogP contribution in [0.1, 0.15) is 25.8 Å². The molecule has 0 aliphatic rings. The van der Waals surface area contributed by atoms with Crippen molar-refractivity contribution in [2.24, 2.45) is 0 Å². The zero-order valence-electron chi connectivity index (χ0n) is 18.0. The molecule has 3 rings (SSSR count). The number of carbonyl (C=O) groups is 1. The normalized spacial score (nSPS) is 10.9. The van der Waals surface area contributed by atoms with Crippen molar-refractivity contribution in [3.8, 4) is 5.75 Å². The predicted molar refractivity (Wildman–Crippen MR) is 128 cm³/mol. The fraction of sp³-hybridized carbons (Fsp3) is 0.261. The fourth-order valence-electron chi connectivity index (χ4n) is 3.13. The first kappa shape index (κ1) is 24.4. The van der Waals surface area contributed by atoms with Gasteiger partial charge < -0.3 is 15.2 Å². The van der Waals surface area contributed by atoms with Crippen molar-refractivity contribution in [2.75, 3.05) is 5.32 Å². The lowest BCUT2D eigenvalue weighted by Crippen LogP contribution is -2.41. The Kier molecular flexibility index (Phi) is 7.84. The lowest BCUT2D eigenvalue weighted by Gasteiger charge is -2.18. The Labute approximate surface area is 200 Å². The zero-order chi connectivity index (χ0) is 24.1. The van der Waals surface area contributed by atoms with Gasteiger partial charge in [0.2, 0.25) is 0 Å². The Morgan fingerprint density at radius 2 is 1.76 bits per heavy atom. The van der Waals surface area contributed by atoms with Crippen LogP contribution in [0.4, 0.5) is 11.5 Å². The van der Waals surface area contributed by atoms with Crippen LogP contribution in [-0.4, -0.2) is 26.3 Å². The molecule has 174 valence electrons. The van der Waals surface area contributed by atoms with E-state index in [1.54, 1.807) is 42.5 Å². The quantitative estimate of drug-likeness (QED) is 0.460. The minimum absolute atomic E-state index is 0.0516. The van der Waals surface area contributed by atoms with Gasteiger partial charge in [-0.2, -0.15) is 0 Å². The Hall–Kier alpha value is -3.23. The predicted octanol–water partition coefficient (Wildman–Crippen LogP) is 4.37. The highest BCUT2D eigenvalue weighted by Gasteiger charge is 2.14. The second kappa shape index (κ2) is 10.6. The number of nitrogens with zero attached hydrogens (tertiary/aromatic N) is 2. The largest absolute Gasteiger partial charge is 0.489 e. The topological polar surface area (TPSA) is 103 Å². The Morgan fingerprint density at radius 3 is 2.36 bits per heavy atom. The van der Waals surface area contributed by atoms with E-state index in [1.807, 2.05) is 13.8 Å². The van der Waals surface area contributed by atoms with Crippen molar-refractivity contribution in [1.82, 2.24) is 9.13 Å². The number of ether oxygens (including phenoxy) is 1. The Balaban J connectivity index is 2.02. The van der Waals surface area contributed by atoms with Gasteiger partial charge >= 0.3 is 11.7 Å². The van der Waals surface area contributed by atoms with Gasteiger partial charge in [-0.15, -0.1) is 0 Å². The van der Waals surface area contributed by atoms with Crippen LogP contribution < -0.4 is 21.3 Å². The lowest BCUT2D eigenvalue weighted by atomic mass is 10.2. The number of anilines is 2. The Bertz CT molecular complexity index is 1270. The number of hydrogen-bond donors (Lipinski definition) is 2. The third kappa shape index (κ3) is 6.40. The average Bonchev–Trinajstić information content (AvgIpc) is 2.73. The van der Waals surface area contributed by atoms with E-state index in [0.29, 0.717) is 21.5 Å². The van der Waals surface area contributed by atoms with E-state index < -0.39 is 17.2 Å². The fourth-order valence-corrected chi connectivity index (χ4v) is 3.48. The highest BCUT2D eigenvalue weighted by Crippen LogP contribution is 2.29. The zero-order valence-corrected chi connectivity index (χ0v) is 19.6. The highest BCUT2D eigenvalue weighted by molar-refractivity contribution is 6.32. The second-order valence-electron chi connectivity index (χ2n) is 7.60. The summed E-state index contributed by atoms with van der Waals surface area (Å²) in [7, 11) is 0. The van der Waals surface area contributed by atoms with Gasteiger partial charge in [0.05, 0.1) is 24.1 Å². The second-order valence-corrected chi connectivity index (χ2v) is 8.44. The molecule has 0 fully saturated rings. The van der Waals surface area contributed by atoms with Gasteiger partial charge in [-0.25, -0.2) is 4.79 Å². The number of benzene rings is 2. The average molecular weight is 492 g/mol. The van der Waals surface area contributed by atoms with Crippen LogP contribution in [0.2, 0.25) is 10.0 Å². The molecule has 33 heavy (non-hydrogen) atoms. The molecule has 0 atom stereocenters. The first-order valence-corrected chi connectivity index (χ1v) is 10.9. The molecule has 0 radical (unpaired) electrons. The number of aliphatic carboxylic acids is 1. The molecule has 0 saturated carbocycles. The molecule has 8 nitrogen and oxygen atoms in total. The van der Waals surface area contributed by atoms with Gasteiger partial charge in [-0.05, 0) is 49.7 Å². The van der Waals surface area contributed by atoms with Crippen molar-refractivity contribution >= 4 is 40.7 Å². The lowest BCUT2D eigenvalue weighted by molar-refractivity contribution is -0.137. The number of carboxylic acids is 1. The number of hydrogen-bond acceptors (Lipinski definition) is 5.